The summed E-state index contributed by atoms with van der Waals surface area (Å²) in [5.41, 5.74) is 11.4. The average molecular weight is 512 g/mol. The summed E-state index contributed by atoms with van der Waals surface area (Å²) >= 11 is 0. The van der Waals surface area contributed by atoms with Crippen LogP contribution in [0, 0.1) is 0 Å². The zero-order valence-electron chi connectivity index (χ0n) is 19.1. The molecule has 35 heavy (non-hydrogen) atoms. The Bertz CT molecular complexity index is 1280. The number of piperazine rings is 1. The van der Waals surface area contributed by atoms with Gasteiger partial charge in [-0.15, -0.1) is 24.8 Å². The number of rotatable bonds is 3. The first-order chi connectivity index (χ1) is 16.1. The molecule has 3 aliphatic heterocycles. The van der Waals surface area contributed by atoms with Gasteiger partial charge in [0.25, 0.3) is 5.91 Å². The third-order valence-corrected chi connectivity index (χ3v) is 7.70. The predicted octanol–water partition coefficient (Wildman–Crippen LogP) is 3.33. The molecule has 5 heterocycles. The van der Waals surface area contributed by atoms with Crippen molar-refractivity contribution in [3.05, 3.63) is 60.0 Å². The van der Waals surface area contributed by atoms with E-state index in [0.717, 1.165) is 61.4 Å². The molecule has 10 heteroatoms. The maximum Gasteiger partial charge on any atom is 0.254 e. The molecule has 1 aromatic carbocycles. The molecule has 2 saturated heterocycles. The van der Waals surface area contributed by atoms with Gasteiger partial charge in [0, 0.05) is 78.2 Å². The summed E-state index contributed by atoms with van der Waals surface area (Å²) in [6, 6.07) is 10.6. The standard InChI is InChI=1S/C25H25N7O.2ClH/c26-17-3-6-27-21(8-17)16-10-29-24(30-11-16)32-14-25(4-5-25)20-2-1-15(7-22(20)32)23(33)31-13-18-9-19(31)12-28-18;;/h1-3,6-8,10-11,18-19,28H,4-5,9,12-14H2,(H2,26,27);2*1H. The first kappa shape index (κ1) is 23.8. The molecule has 1 spiro atoms. The first-order valence-corrected chi connectivity index (χ1v) is 11.6. The second-order valence-corrected chi connectivity index (χ2v) is 9.80. The molecule has 1 aliphatic carbocycles. The van der Waals surface area contributed by atoms with Crippen LogP contribution in [0.1, 0.15) is 35.2 Å². The second kappa shape index (κ2) is 8.62. The predicted molar refractivity (Wildman–Crippen MR) is 140 cm³/mol. The van der Waals surface area contributed by atoms with E-state index in [4.69, 9.17) is 5.73 Å². The van der Waals surface area contributed by atoms with E-state index in [0.29, 0.717) is 23.7 Å². The summed E-state index contributed by atoms with van der Waals surface area (Å²) in [7, 11) is 0. The summed E-state index contributed by atoms with van der Waals surface area (Å²) in [6.07, 6.45) is 8.67. The summed E-state index contributed by atoms with van der Waals surface area (Å²) in [4.78, 5) is 31.2. The van der Waals surface area contributed by atoms with E-state index in [1.54, 1.807) is 24.7 Å². The molecule has 0 radical (unpaired) electrons. The summed E-state index contributed by atoms with van der Waals surface area (Å²) in [6.45, 7) is 2.56. The Balaban J connectivity index is 0.00000127. The number of hydrogen-bond donors (Lipinski definition) is 2. The molecule has 2 aromatic heterocycles. The van der Waals surface area contributed by atoms with E-state index in [1.807, 2.05) is 17.0 Å². The minimum Gasteiger partial charge on any atom is -0.399 e. The molecule has 1 amide bonds. The Morgan fingerprint density at radius 2 is 1.89 bits per heavy atom. The molecule has 182 valence electrons. The molecule has 1 saturated carbocycles. The van der Waals surface area contributed by atoms with E-state index in [2.05, 4.69) is 37.3 Å². The zero-order chi connectivity index (χ0) is 22.2. The number of benzene rings is 1. The number of carbonyl (C=O) groups excluding carboxylic acids is 1. The molecule has 3 N–H and O–H groups in total. The molecule has 8 nitrogen and oxygen atoms in total. The van der Waals surface area contributed by atoms with Gasteiger partial charge >= 0.3 is 0 Å². The number of halogens is 2. The van der Waals surface area contributed by atoms with E-state index in [9.17, 15) is 4.79 Å². The Kier molecular flexibility index (Phi) is 5.86. The largest absolute Gasteiger partial charge is 0.399 e. The van der Waals surface area contributed by atoms with Crippen molar-refractivity contribution in [2.75, 3.05) is 30.3 Å². The fourth-order valence-corrected chi connectivity index (χ4v) is 5.74. The van der Waals surface area contributed by atoms with Crippen LogP contribution in [0.2, 0.25) is 0 Å². The Hall–Kier alpha value is -2.94. The molecule has 2 unspecified atom stereocenters. The minimum absolute atomic E-state index is 0. The number of nitrogens with two attached hydrogens (primary N) is 1. The van der Waals surface area contributed by atoms with Crippen molar-refractivity contribution in [1.82, 2.24) is 25.2 Å². The van der Waals surface area contributed by atoms with Crippen LogP contribution in [0.15, 0.2) is 48.9 Å². The molecule has 3 aromatic rings. The van der Waals surface area contributed by atoms with Gasteiger partial charge in [0.2, 0.25) is 5.95 Å². The van der Waals surface area contributed by atoms with Crippen molar-refractivity contribution < 1.29 is 4.79 Å². The third kappa shape index (κ3) is 3.80. The quantitative estimate of drug-likeness (QED) is 0.555. The summed E-state index contributed by atoms with van der Waals surface area (Å²) < 4.78 is 0. The van der Waals surface area contributed by atoms with Gasteiger partial charge < -0.3 is 20.9 Å². The number of fused-ring (bicyclic) bond motifs is 4. The zero-order valence-corrected chi connectivity index (χ0v) is 20.7. The van der Waals surface area contributed by atoms with Crippen molar-refractivity contribution in [3.8, 4) is 11.3 Å². The average Bonchev–Trinajstić information content (AvgIpc) is 3.16. The van der Waals surface area contributed by atoms with E-state index >= 15 is 0 Å². The Morgan fingerprint density at radius 3 is 2.54 bits per heavy atom. The number of hydrogen-bond acceptors (Lipinski definition) is 7. The number of aromatic nitrogens is 3. The topological polar surface area (TPSA) is 100 Å². The van der Waals surface area contributed by atoms with Crippen LogP contribution in [0.5, 0.6) is 0 Å². The van der Waals surface area contributed by atoms with Gasteiger partial charge in [-0.25, -0.2) is 9.97 Å². The van der Waals surface area contributed by atoms with Crippen molar-refractivity contribution in [3.63, 3.8) is 0 Å². The van der Waals surface area contributed by atoms with Crippen LogP contribution in [0.4, 0.5) is 17.3 Å². The van der Waals surface area contributed by atoms with Gasteiger partial charge in [0.15, 0.2) is 0 Å². The van der Waals surface area contributed by atoms with Gasteiger partial charge in [-0.2, -0.15) is 0 Å². The van der Waals surface area contributed by atoms with Crippen LogP contribution in [-0.4, -0.2) is 57.5 Å². The third-order valence-electron chi connectivity index (χ3n) is 7.70. The monoisotopic (exact) mass is 511 g/mol. The SMILES string of the molecule is Cl.Cl.Nc1ccnc(-c2cnc(N3CC4(CC4)c4ccc(C(=O)N5CC6CC5CN6)cc43)nc2)c1. The number of carbonyl (C=O) groups is 1. The number of pyridine rings is 1. The van der Waals surface area contributed by atoms with Crippen LogP contribution in [0.3, 0.4) is 0 Å². The van der Waals surface area contributed by atoms with E-state index in [1.165, 1.54) is 5.56 Å². The van der Waals surface area contributed by atoms with Gasteiger partial charge in [0.05, 0.1) is 5.69 Å². The molecule has 7 rings (SSSR count). The maximum absolute atomic E-state index is 13.3. The van der Waals surface area contributed by atoms with E-state index in [-0.39, 0.29) is 36.1 Å². The highest BCUT2D eigenvalue weighted by Crippen LogP contribution is 2.57. The number of likely N-dealkylation sites (tertiary alicyclic amines) is 1. The Morgan fingerprint density at radius 1 is 1.09 bits per heavy atom. The highest BCUT2D eigenvalue weighted by atomic mass is 35.5. The van der Waals surface area contributed by atoms with Crippen molar-refractivity contribution in [2.45, 2.75) is 36.8 Å². The lowest BCUT2D eigenvalue weighted by molar-refractivity contribution is 0.0716. The number of nitrogens with one attached hydrogen (secondary N) is 1. The van der Waals surface area contributed by atoms with Crippen LogP contribution >= 0.6 is 24.8 Å². The Labute approximate surface area is 216 Å². The lowest BCUT2D eigenvalue weighted by Gasteiger charge is -2.28. The first-order valence-electron chi connectivity index (χ1n) is 11.6. The van der Waals surface area contributed by atoms with Crippen LogP contribution < -0.4 is 16.0 Å². The van der Waals surface area contributed by atoms with Gasteiger partial charge in [-0.05, 0) is 49.1 Å². The molecular weight excluding hydrogens is 485 g/mol. The highest BCUT2D eigenvalue weighted by Gasteiger charge is 2.52. The second-order valence-electron chi connectivity index (χ2n) is 9.80. The lowest BCUT2D eigenvalue weighted by Crippen LogP contribution is -2.46. The summed E-state index contributed by atoms with van der Waals surface area (Å²) in [5.74, 6) is 0.786. The van der Waals surface area contributed by atoms with Crippen LogP contribution in [-0.2, 0) is 5.41 Å². The molecule has 4 aliphatic rings. The van der Waals surface area contributed by atoms with Crippen molar-refractivity contribution in [2.24, 2.45) is 0 Å². The lowest BCUT2D eigenvalue weighted by atomic mass is 9.97. The van der Waals surface area contributed by atoms with Gasteiger partial charge in [-0.1, -0.05) is 6.07 Å². The summed E-state index contributed by atoms with van der Waals surface area (Å²) in [5, 5.41) is 3.47. The molecule has 2 bridgehead atoms. The number of nitrogen functional groups attached to an aromatic ring is 1. The molecular formula is C25H27Cl2N7O. The number of nitrogens with zero attached hydrogens (tertiary/aromatic N) is 5. The van der Waals surface area contributed by atoms with Crippen molar-refractivity contribution in [1.29, 1.82) is 0 Å². The minimum atomic E-state index is 0. The molecule has 3 fully saturated rings. The number of amides is 1. The smallest absolute Gasteiger partial charge is 0.254 e. The normalized spacial score (nSPS) is 22.5. The van der Waals surface area contributed by atoms with E-state index < -0.39 is 0 Å². The fraction of sp³-hybridized carbons (Fsp3) is 0.360. The fourth-order valence-electron chi connectivity index (χ4n) is 5.74. The van der Waals surface area contributed by atoms with Crippen LogP contribution in [0.25, 0.3) is 11.3 Å². The van der Waals surface area contributed by atoms with Crippen molar-refractivity contribution >= 4 is 48.0 Å². The number of anilines is 3. The highest BCUT2D eigenvalue weighted by molar-refractivity contribution is 5.96. The van der Waals surface area contributed by atoms with Gasteiger partial charge in [0.1, 0.15) is 0 Å². The maximum atomic E-state index is 13.3. The van der Waals surface area contributed by atoms with Gasteiger partial charge in [-0.3, -0.25) is 9.78 Å². The molecule has 2 atom stereocenters.